The zero-order valence-corrected chi connectivity index (χ0v) is 14.1. The summed E-state index contributed by atoms with van der Waals surface area (Å²) in [4.78, 5) is 13.3. The van der Waals surface area contributed by atoms with E-state index in [4.69, 9.17) is 9.47 Å². The number of benzene rings is 1. The van der Waals surface area contributed by atoms with Gasteiger partial charge >= 0.3 is 0 Å². The number of anilines is 2. The van der Waals surface area contributed by atoms with Gasteiger partial charge in [-0.05, 0) is 50.7 Å². The Morgan fingerprint density at radius 1 is 1.21 bits per heavy atom. The first-order valence-electron chi connectivity index (χ1n) is 9.16. The summed E-state index contributed by atoms with van der Waals surface area (Å²) in [6.45, 7) is 2.99. The Morgan fingerprint density at radius 3 is 2.88 bits per heavy atom. The number of hydrogen-bond acceptors (Lipinski definition) is 4. The molecule has 130 valence electrons. The molecular formula is C19H26N2O3. The SMILES string of the molecule is O=C(Nc1cccc2c1CCN2)C1(C2CCCCO2)CCOCC1. The van der Waals surface area contributed by atoms with Crippen LogP contribution in [-0.4, -0.2) is 38.4 Å². The monoisotopic (exact) mass is 330 g/mol. The lowest BCUT2D eigenvalue weighted by molar-refractivity contribution is -0.152. The van der Waals surface area contributed by atoms with Gasteiger partial charge in [0.15, 0.2) is 0 Å². The molecule has 3 aliphatic rings. The summed E-state index contributed by atoms with van der Waals surface area (Å²) in [6, 6.07) is 6.09. The van der Waals surface area contributed by atoms with Gasteiger partial charge in [0.25, 0.3) is 0 Å². The second-order valence-corrected chi connectivity index (χ2v) is 7.09. The maximum Gasteiger partial charge on any atom is 0.233 e. The Labute approximate surface area is 143 Å². The summed E-state index contributed by atoms with van der Waals surface area (Å²) in [5, 5.41) is 6.61. The molecule has 0 aliphatic carbocycles. The zero-order valence-electron chi connectivity index (χ0n) is 14.1. The predicted octanol–water partition coefficient (Wildman–Crippen LogP) is 2.96. The maximum atomic E-state index is 13.3. The van der Waals surface area contributed by atoms with Crippen molar-refractivity contribution in [3.8, 4) is 0 Å². The van der Waals surface area contributed by atoms with Gasteiger partial charge in [-0.3, -0.25) is 4.79 Å². The highest BCUT2D eigenvalue weighted by Gasteiger charge is 2.48. The summed E-state index contributed by atoms with van der Waals surface area (Å²) in [5.74, 6) is 0.109. The number of hydrogen-bond donors (Lipinski definition) is 2. The third-order valence-corrected chi connectivity index (χ3v) is 5.75. The van der Waals surface area contributed by atoms with E-state index in [1.54, 1.807) is 0 Å². The van der Waals surface area contributed by atoms with Crippen LogP contribution < -0.4 is 10.6 Å². The average molecular weight is 330 g/mol. The zero-order chi connectivity index (χ0) is 16.4. The van der Waals surface area contributed by atoms with Crippen LogP contribution >= 0.6 is 0 Å². The van der Waals surface area contributed by atoms with E-state index in [9.17, 15) is 4.79 Å². The molecule has 1 aromatic rings. The minimum Gasteiger partial charge on any atom is -0.384 e. The first-order chi connectivity index (χ1) is 11.8. The molecule has 0 saturated carbocycles. The number of fused-ring (bicyclic) bond motifs is 1. The number of ether oxygens (including phenoxy) is 2. The van der Waals surface area contributed by atoms with Gasteiger partial charge in [0, 0.05) is 43.3 Å². The Bertz CT molecular complexity index is 605. The molecule has 4 rings (SSSR count). The number of amides is 1. The van der Waals surface area contributed by atoms with Crippen LogP contribution in [0.25, 0.3) is 0 Å². The van der Waals surface area contributed by atoms with Gasteiger partial charge in [0.2, 0.25) is 5.91 Å². The van der Waals surface area contributed by atoms with Crippen LogP contribution in [0, 0.1) is 5.41 Å². The standard InChI is InChI=1S/C19H26N2O3/c22-18(21-16-5-3-4-15-14(16)7-10-20-15)19(8-12-23-13-9-19)17-6-1-2-11-24-17/h3-5,17,20H,1-2,6-13H2,(H,21,22). The van der Waals surface area contributed by atoms with Crippen LogP contribution in [0.2, 0.25) is 0 Å². The van der Waals surface area contributed by atoms with E-state index in [0.717, 1.165) is 63.1 Å². The van der Waals surface area contributed by atoms with Crippen molar-refractivity contribution in [3.63, 3.8) is 0 Å². The van der Waals surface area contributed by atoms with Crippen LogP contribution in [-0.2, 0) is 20.7 Å². The lowest BCUT2D eigenvalue weighted by Crippen LogP contribution is -2.51. The van der Waals surface area contributed by atoms with Gasteiger partial charge in [-0.15, -0.1) is 0 Å². The van der Waals surface area contributed by atoms with Crippen LogP contribution in [0.1, 0.15) is 37.7 Å². The number of rotatable bonds is 3. The third kappa shape index (κ3) is 2.80. The van der Waals surface area contributed by atoms with Gasteiger partial charge in [-0.1, -0.05) is 6.07 Å². The van der Waals surface area contributed by atoms with Crippen LogP contribution in [0.5, 0.6) is 0 Å². The molecule has 1 atom stereocenters. The fourth-order valence-electron chi connectivity index (χ4n) is 4.32. The Hall–Kier alpha value is -1.59. The molecule has 5 heteroatoms. The largest absolute Gasteiger partial charge is 0.384 e. The van der Waals surface area contributed by atoms with Crippen LogP contribution in [0.3, 0.4) is 0 Å². The Kier molecular flexibility index (Phi) is 4.46. The average Bonchev–Trinajstić information content (AvgIpc) is 3.13. The molecule has 0 spiro atoms. The third-order valence-electron chi connectivity index (χ3n) is 5.75. The molecule has 3 heterocycles. The van der Waals surface area contributed by atoms with E-state index in [0.29, 0.717) is 13.2 Å². The van der Waals surface area contributed by atoms with Crippen molar-refractivity contribution in [3.05, 3.63) is 23.8 Å². The van der Waals surface area contributed by atoms with Crippen molar-refractivity contribution < 1.29 is 14.3 Å². The highest BCUT2D eigenvalue weighted by Crippen LogP contribution is 2.41. The topological polar surface area (TPSA) is 59.6 Å². The molecule has 3 aliphatic heterocycles. The molecule has 2 N–H and O–H groups in total. The highest BCUT2D eigenvalue weighted by molar-refractivity contribution is 5.97. The first-order valence-corrected chi connectivity index (χ1v) is 9.16. The molecule has 1 amide bonds. The van der Waals surface area contributed by atoms with Gasteiger partial charge in [-0.2, -0.15) is 0 Å². The molecule has 2 fully saturated rings. The normalized spacial score (nSPS) is 25.6. The summed E-state index contributed by atoms with van der Waals surface area (Å²) >= 11 is 0. The second-order valence-electron chi connectivity index (χ2n) is 7.09. The Morgan fingerprint density at radius 2 is 2.08 bits per heavy atom. The molecule has 5 nitrogen and oxygen atoms in total. The summed E-state index contributed by atoms with van der Waals surface area (Å²) in [7, 11) is 0. The molecule has 0 aromatic heterocycles. The maximum absolute atomic E-state index is 13.3. The molecule has 2 saturated heterocycles. The summed E-state index contributed by atoms with van der Waals surface area (Å²) in [6.07, 6.45) is 5.69. The number of nitrogens with one attached hydrogen (secondary N) is 2. The van der Waals surface area contributed by atoms with Gasteiger partial charge in [-0.25, -0.2) is 0 Å². The molecular weight excluding hydrogens is 304 g/mol. The first kappa shape index (κ1) is 15.9. The predicted molar refractivity (Wildman–Crippen MR) is 93.3 cm³/mol. The summed E-state index contributed by atoms with van der Waals surface area (Å²) < 4.78 is 11.6. The number of carbonyl (C=O) groups is 1. The van der Waals surface area contributed by atoms with Gasteiger partial charge in [0.1, 0.15) is 0 Å². The van der Waals surface area contributed by atoms with Gasteiger partial charge < -0.3 is 20.1 Å². The van der Waals surface area contributed by atoms with E-state index >= 15 is 0 Å². The van der Waals surface area contributed by atoms with Crippen molar-refractivity contribution in [2.24, 2.45) is 5.41 Å². The second kappa shape index (κ2) is 6.73. The molecule has 0 radical (unpaired) electrons. The Balaban J connectivity index is 1.59. The van der Waals surface area contributed by atoms with Gasteiger partial charge in [0.05, 0.1) is 11.5 Å². The van der Waals surface area contributed by atoms with Crippen molar-refractivity contribution in [1.82, 2.24) is 0 Å². The van der Waals surface area contributed by atoms with Crippen molar-refractivity contribution in [2.75, 3.05) is 37.0 Å². The molecule has 1 unspecified atom stereocenters. The van der Waals surface area contributed by atoms with Crippen molar-refractivity contribution >= 4 is 17.3 Å². The van der Waals surface area contributed by atoms with Crippen molar-refractivity contribution in [2.45, 2.75) is 44.6 Å². The van der Waals surface area contributed by atoms with E-state index in [-0.39, 0.29) is 12.0 Å². The molecule has 1 aromatic carbocycles. The van der Waals surface area contributed by atoms with E-state index < -0.39 is 5.41 Å². The van der Waals surface area contributed by atoms with E-state index in [1.165, 1.54) is 5.56 Å². The van der Waals surface area contributed by atoms with Crippen LogP contribution in [0.4, 0.5) is 11.4 Å². The quantitative estimate of drug-likeness (QED) is 0.894. The lowest BCUT2D eigenvalue weighted by Gasteiger charge is -2.43. The van der Waals surface area contributed by atoms with E-state index in [2.05, 4.69) is 16.7 Å². The molecule has 24 heavy (non-hydrogen) atoms. The van der Waals surface area contributed by atoms with E-state index in [1.807, 2.05) is 12.1 Å². The number of carbonyl (C=O) groups excluding carboxylic acids is 1. The van der Waals surface area contributed by atoms with Crippen LogP contribution in [0.15, 0.2) is 18.2 Å². The highest BCUT2D eigenvalue weighted by atomic mass is 16.5. The lowest BCUT2D eigenvalue weighted by atomic mass is 9.72. The minimum absolute atomic E-state index is 0.0186. The fourth-order valence-corrected chi connectivity index (χ4v) is 4.32. The minimum atomic E-state index is -0.451. The summed E-state index contributed by atoms with van der Waals surface area (Å²) in [5.41, 5.74) is 2.86. The molecule has 0 bridgehead atoms. The fraction of sp³-hybridized carbons (Fsp3) is 0.632. The van der Waals surface area contributed by atoms with Crippen molar-refractivity contribution in [1.29, 1.82) is 0 Å². The smallest absolute Gasteiger partial charge is 0.233 e.